The molecule has 1 rings (SSSR count). The minimum atomic E-state index is -0.258. The summed E-state index contributed by atoms with van der Waals surface area (Å²) in [5.41, 5.74) is 1.62. The van der Waals surface area contributed by atoms with Gasteiger partial charge < -0.3 is 4.74 Å². The predicted molar refractivity (Wildman–Crippen MR) is 89.0 cm³/mol. The van der Waals surface area contributed by atoms with Gasteiger partial charge in [0.2, 0.25) is 0 Å². The molecular weight excluding hydrogens is 260 g/mol. The Labute approximate surface area is 128 Å². The number of esters is 1. The summed E-state index contributed by atoms with van der Waals surface area (Å²) in [6, 6.07) is 9.85. The number of rotatable bonds is 9. The Hall–Kier alpha value is -1.83. The zero-order valence-electron chi connectivity index (χ0n) is 13.2. The van der Waals surface area contributed by atoms with Gasteiger partial charge in [-0.2, -0.15) is 0 Å². The van der Waals surface area contributed by atoms with Crippen molar-refractivity contribution in [2.45, 2.75) is 46.0 Å². The van der Waals surface area contributed by atoms with Crippen LogP contribution < -0.4 is 0 Å². The van der Waals surface area contributed by atoms with Crippen LogP contribution in [0.2, 0.25) is 0 Å². The van der Waals surface area contributed by atoms with Crippen LogP contribution in [0, 0.1) is 0 Å². The van der Waals surface area contributed by atoms with Gasteiger partial charge in [-0.15, -0.1) is 0 Å². The predicted octanol–water partition coefficient (Wildman–Crippen LogP) is 5.16. The summed E-state index contributed by atoms with van der Waals surface area (Å²) in [5, 5.41) is 0. The molecule has 2 nitrogen and oxygen atoms in total. The largest absolute Gasteiger partial charge is 0.462 e. The third-order valence-corrected chi connectivity index (χ3v) is 3.15. The Morgan fingerprint density at radius 2 is 1.86 bits per heavy atom. The number of ether oxygens (including phenoxy) is 1. The molecule has 0 saturated carbocycles. The van der Waals surface area contributed by atoms with E-state index in [-0.39, 0.29) is 5.97 Å². The summed E-state index contributed by atoms with van der Waals surface area (Å²) in [6.45, 7) is 4.43. The third-order valence-electron chi connectivity index (χ3n) is 3.15. The number of hydrogen-bond donors (Lipinski definition) is 0. The molecule has 1 aromatic carbocycles. The van der Waals surface area contributed by atoms with Crippen molar-refractivity contribution in [2.24, 2.45) is 0 Å². The van der Waals surface area contributed by atoms with Crippen LogP contribution in [0.3, 0.4) is 0 Å². The van der Waals surface area contributed by atoms with Crippen LogP contribution in [0.5, 0.6) is 0 Å². The maximum atomic E-state index is 12.0. The Kier molecular flexibility index (Phi) is 8.94. The third kappa shape index (κ3) is 7.50. The second-order valence-electron chi connectivity index (χ2n) is 4.98. The molecule has 0 aromatic heterocycles. The molecule has 0 unspecified atom stereocenters. The molecule has 0 saturated heterocycles. The summed E-state index contributed by atoms with van der Waals surface area (Å²) in [7, 11) is 0. The van der Waals surface area contributed by atoms with Crippen molar-refractivity contribution in [3.05, 3.63) is 53.6 Å². The van der Waals surface area contributed by atoms with Gasteiger partial charge in [0, 0.05) is 0 Å². The lowest BCUT2D eigenvalue weighted by Crippen LogP contribution is -2.05. The van der Waals surface area contributed by atoms with Gasteiger partial charge >= 0.3 is 5.97 Å². The van der Waals surface area contributed by atoms with Crippen molar-refractivity contribution in [1.82, 2.24) is 0 Å². The highest BCUT2D eigenvalue weighted by Gasteiger charge is 2.06. The van der Waals surface area contributed by atoms with Crippen LogP contribution >= 0.6 is 0 Å². The molecule has 2 heteroatoms. The van der Waals surface area contributed by atoms with Gasteiger partial charge in [0.15, 0.2) is 0 Å². The highest BCUT2D eigenvalue weighted by atomic mass is 16.5. The van der Waals surface area contributed by atoms with Crippen molar-refractivity contribution < 1.29 is 9.53 Å². The van der Waals surface area contributed by atoms with Crippen molar-refractivity contribution in [2.75, 3.05) is 6.61 Å². The van der Waals surface area contributed by atoms with Crippen LogP contribution in [0.1, 0.15) is 51.5 Å². The Balaban J connectivity index is 2.67. The number of hydrogen-bond acceptors (Lipinski definition) is 2. The van der Waals surface area contributed by atoms with Crippen molar-refractivity contribution in [3.8, 4) is 0 Å². The maximum Gasteiger partial charge on any atom is 0.338 e. The van der Waals surface area contributed by atoms with Gasteiger partial charge in [0.05, 0.1) is 12.2 Å². The molecular formula is C19H26O2. The summed E-state index contributed by atoms with van der Waals surface area (Å²) in [6.07, 6.45) is 11.8. The van der Waals surface area contributed by atoms with E-state index >= 15 is 0 Å². The van der Waals surface area contributed by atoms with Crippen LogP contribution in [-0.2, 0) is 9.53 Å². The first-order chi connectivity index (χ1) is 10.3. The van der Waals surface area contributed by atoms with E-state index in [1.165, 1.54) is 25.7 Å². The minimum Gasteiger partial charge on any atom is -0.462 e. The van der Waals surface area contributed by atoms with E-state index in [9.17, 15) is 4.79 Å². The number of carbonyl (C=O) groups is 1. The van der Waals surface area contributed by atoms with E-state index in [0.29, 0.717) is 12.2 Å². The fourth-order valence-electron chi connectivity index (χ4n) is 2.02. The number of allylic oxidation sites excluding steroid dienone is 1. The molecule has 0 aliphatic rings. The van der Waals surface area contributed by atoms with E-state index in [1.807, 2.05) is 49.4 Å². The van der Waals surface area contributed by atoms with E-state index in [4.69, 9.17) is 4.74 Å². The first kappa shape index (κ1) is 17.2. The summed E-state index contributed by atoms with van der Waals surface area (Å²) < 4.78 is 5.11. The van der Waals surface area contributed by atoms with E-state index in [2.05, 4.69) is 13.0 Å². The topological polar surface area (TPSA) is 26.3 Å². The molecule has 0 aliphatic heterocycles. The number of benzene rings is 1. The molecule has 21 heavy (non-hydrogen) atoms. The SMILES string of the molecule is CCCCCC/C=C/C(=C/c1ccccc1)C(=O)OCC. The molecule has 0 spiro atoms. The molecule has 114 valence electrons. The summed E-state index contributed by atoms with van der Waals surface area (Å²) in [5.74, 6) is -0.258. The molecule has 0 N–H and O–H groups in total. The second-order valence-corrected chi connectivity index (χ2v) is 4.98. The Morgan fingerprint density at radius 3 is 2.52 bits per heavy atom. The molecule has 0 bridgehead atoms. The molecule has 0 amide bonds. The molecule has 0 radical (unpaired) electrons. The monoisotopic (exact) mass is 286 g/mol. The van der Waals surface area contributed by atoms with Gasteiger partial charge in [-0.3, -0.25) is 0 Å². The molecule has 1 aromatic rings. The lowest BCUT2D eigenvalue weighted by Gasteiger charge is -2.03. The quantitative estimate of drug-likeness (QED) is 0.271. The van der Waals surface area contributed by atoms with Crippen molar-refractivity contribution in [1.29, 1.82) is 0 Å². The first-order valence-corrected chi connectivity index (χ1v) is 7.88. The smallest absolute Gasteiger partial charge is 0.338 e. The highest BCUT2D eigenvalue weighted by Crippen LogP contribution is 2.11. The maximum absolute atomic E-state index is 12.0. The first-order valence-electron chi connectivity index (χ1n) is 7.88. The van der Waals surface area contributed by atoms with Crippen molar-refractivity contribution >= 4 is 12.0 Å². The zero-order chi connectivity index (χ0) is 15.3. The van der Waals surface area contributed by atoms with Crippen molar-refractivity contribution in [3.63, 3.8) is 0 Å². The number of unbranched alkanes of at least 4 members (excludes halogenated alkanes) is 4. The lowest BCUT2D eigenvalue weighted by molar-refractivity contribution is -0.138. The zero-order valence-corrected chi connectivity index (χ0v) is 13.2. The fraction of sp³-hybridized carbons (Fsp3) is 0.421. The highest BCUT2D eigenvalue weighted by molar-refractivity contribution is 5.96. The average molecular weight is 286 g/mol. The van der Waals surface area contributed by atoms with Gasteiger partial charge in [-0.05, 0) is 31.4 Å². The normalized spacial score (nSPS) is 11.8. The molecule has 0 atom stereocenters. The Bertz CT molecular complexity index is 458. The summed E-state index contributed by atoms with van der Waals surface area (Å²) >= 11 is 0. The van der Waals surface area contributed by atoms with Gasteiger partial charge in [-0.25, -0.2) is 4.79 Å². The Morgan fingerprint density at radius 1 is 1.10 bits per heavy atom. The second kappa shape index (κ2) is 10.9. The molecule has 0 fully saturated rings. The van der Waals surface area contributed by atoms with Gasteiger partial charge in [0.25, 0.3) is 0 Å². The van der Waals surface area contributed by atoms with Gasteiger partial charge in [-0.1, -0.05) is 68.7 Å². The van der Waals surface area contributed by atoms with E-state index < -0.39 is 0 Å². The lowest BCUT2D eigenvalue weighted by atomic mass is 10.1. The standard InChI is InChI=1S/C19H26O2/c1-3-5-6-7-8-12-15-18(19(20)21-4-2)16-17-13-10-9-11-14-17/h9-16H,3-8H2,1-2H3/b15-12+,18-16-. The average Bonchev–Trinajstić information content (AvgIpc) is 2.50. The minimum absolute atomic E-state index is 0.258. The van der Waals surface area contributed by atoms with Crippen LogP contribution in [0.25, 0.3) is 6.08 Å². The van der Waals surface area contributed by atoms with Crippen LogP contribution in [0.4, 0.5) is 0 Å². The number of carbonyl (C=O) groups excluding carboxylic acids is 1. The molecule has 0 aliphatic carbocycles. The fourth-order valence-corrected chi connectivity index (χ4v) is 2.02. The van der Waals surface area contributed by atoms with E-state index in [1.54, 1.807) is 0 Å². The van der Waals surface area contributed by atoms with Crippen LogP contribution in [-0.4, -0.2) is 12.6 Å². The van der Waals surface area contributed by atoms with Crippen LogP contribution in [0.15, 0.2) is 48.1 Å². The summed E-state index contributed by atoms with van der Waals surface area (Å²) in [4.78, 5) is 12.0. The molecule has 0 heterocycles. The van der Waals surface area contributed by atoms with Gasteiger partial charge in [0.1, 0.15) is 0 Å². The van der Waals surface area contributed by atoms with E-state index in [0.717, 1.165) is 12.0 Å².